The molecule has 2 aliphatic rings. The molecule has 0 aromatic heterocycles. The summed E-state index contributed by atoms with van der Waals surface area (Å²) in [5.74, 6) is 1.07. The van der Waals surface area contributed by atoms with E-state index in [4.69, 9.17) is 16.3 Å². The minimum absolute atomic E-state index is 0.0169. The first-order valence-corrected chi connectivity index (χ1v) is 11.0. The quantitative estimate of drug-likeness (QED) is 0.726. The number of carbonyl (C=O) groups is 2. The fourth-order valence-electron chi connectivity index (χ4n) is 4.01. The molecule has 2 aromatic carbocycles. The first-order valence-electron chi connectivity index (χ1n) is 9.59. The Hall–Kier alpha value is -2.18. The molecule has 0 saturated carbocycles. The highest BCUT2D eigenvalue weighted by molar-refractivity contribution is 8.01. The Morgan fingerprint density at radius 3 is 2.72 bits per heavy atom. The molecule has 1 unspecified atom stereocenters. The molecule has 2 amide bonds. The van der Waals surface area contributed by atoms with E-state index < -0.39 is 4.87 Å². The molecule has 1 atom stereocenters. The first-order chi connectivity index (χ1) is 13.9. The second kappa shape index (κ2) is 7.58. The van der Waals surface area contributed by atoms with E-state index in [0.29, 0.717) is 29.6 Å². The molecule has 5 nitrogen and oxygen atoms in total. The number of thioether (sulfide) groups is 1. The molecule has 2 heterocycles. The summed E-state index contributed by atoms with van der Waals surface area (Å²) in [5.41, 5.74) is 2.48. The van der Waals surface area contributed by atoms with Crippen LogP contribution in [0.2, 0.25) is 5.02 Å². The zero-order chi connectivity index (χ0) is 20.8. The Balaban J connectivity index is 1.85. The van der Waals surface area contributed by atoms with Crippen LogP contribution in [0, 0.1) is 5.92 Å². The molecule has 1 fully saturated rings. The van der Waals surface area contributed by atoms with E-state index in [2.05, 4.69) is 0 Å². The highest BCUT2D eigenvalue weighted by Crippen LogP contribution is 2.55. The molecule has 1 saturated heterocycles. The maximum atomic E-state index is 13.9. The lowest BCUT2D eigenvalue weighted by molar-refractivity contribution is -0.142. The molecule has 0 N–H and O–H groups in total. The standard InChI is InChI=1S/C22H23ClN2O3S/c1-14(2)20(26)25-10-11-29-22(25)17-12-16(28-3)8-9-19(17)24(21(22)27)13-15-6-4-5-7-18(15)23/h4-9,12,14H,10-11,13H2,1-3H3. The monoisotopic (exact) mass is 430 g/mol. The lowest BCUT2D eigenvalue weighted by Crippen LogP contribution is -2.51. The average molecular weight is 431 g/mol. The van der Waals surface area contributed by atoms with Crippen LogP contribution in [0.25, 0.3) is 0 Å². The number of carbonyl (C=O) groups excluding carboxylic acids is 2. The molecule has 152 valence electrons. The van der Waals surface area contributed by atoms with Crippen LogP contribution in [0.1, 0.15) is 25.0 Å². The van der Waals surface area contributed by atoms with E-state index >= 15 is 0 Å². The van der Waals surface area contributed by atoms with Crippen LogP contribution in [0.3, 0.4) is 0 Å². The Morgan fingerprint density at radius 2 is 2.03 bits per heavy atom. The Morgan fingerprint density at radius 1 is 1.28 bits per heavy atom. The van der Waals surface area contributed by atoms with Crippen LogP contribution in [0.4, 0.5) is 5.69 Å². The summed E-state index contributed by atoms with van der Waals surface area (Å²) in [7, 11) is 1.60. The van der Waals surface area contributed by atoms with Crippen LogP contribution in [-0.2, 0) is 21.0 Å². The van der Waals surface area contributed by atoms with Gasteiger partial charge in [-0.2, -0.15) is 0 Å². The maximum absolute atomic E-state index is 13.9. The molecule has 7 heteroatoms. The fourth-order valence-corrected chi connectivity index (χ4v) is 5.66. The van der Waals surface area contributed by atoms with Gasteiger partial charge in [0.1, 0.15) is 5.75 Å². The highest BCUT2D eigenvalue weighted by atomic mass is 35.5. The van der Waals surface area contributed by atoms with Crippen molar-refractivity contribution in [2.24, 2.45) is 5.92 Å². The minimum atomic E-state index is -1.05. The molecular weight excluding hydrogens is 408 g/mol. The van der Waals surface area contributed by atoms with Gasteiger partial charge in [-0.05, 0) is 29.8 Å². The summed E-state index contributed by atoms with van der Waals surface area (Å²) < 4.78 is 5.43. The summed E-state index contributed by atoms with van der Waals surface area (Å²) in [4.78, 5) is 29.3. The minimum Gasteiger partial charge on any atom is -0.497 e. The largest absolute Gasteiger partial charge is 0.497 e. The normalized spacial score (nSPS) is 20.7. The molecule has 0 aliphatic carbocycles. The van der Waals surface area contributed by atoms with Gasteiger partial charge >= 0.3 is 0 Å². The van der Waals surface area contributed by atoms with E-state index in [9.17, 15) is 9.59 Å². The third-order valence-corrected chi connectivity index (χ3v) is 7.23. The maximum Gasteiger partial charge on any atom is 0.268 e. The number of rotatable bonds is 4. The van der Waals surface area contributed by atoms with Crippen molar-refractivity contribution in [3.05, 3.63) is 58.6 Å². The molecule has 29 heavy (non-hydrogen) atoms. The SMILES string of the molecule is COc1ccc2c(c1)C1(SCCN1C(=O)C(C)C)C(=O)N2Cc1ccccc1Cl. The van der Waals surface area contributed by atoms with Crippen LogP contribution < -0.4 is 9.64 Å². The third kappa shape index (κ3) is 3.09. The molecule has 0 radical (unpaired) electrons. The van der Waals surface area contributed by atoms with Gasteiger partial charge in [-0.3, -0.25) is 9.59 Å². The van der Waals surface area contributed by atoms with Gasteiger partial charge in [0.05, 0.1) is 19.3 Å². The number of ether oxygens (including phenoxy) is 1. The number of hydrogen-bond acceptors (Lipinski definition) is 4. The zero-order valence-corrected chi connectivity index (χ0v) is 18.2. The van der Waals surface area contributed by atoms with Crippen LogP contribution in [0.5, 0.6) is 5.75 Å². The van der Waals surface area contributed by atoms with Gasteiger partial charge in [-0.1, -0.05) is 43.6 Å². The van der Waals surface area contributed by atoms with Gasteiger partial charge in [-0.25, -0.2) is 0 Å². The van der Waals surface area contributed by atoms with Gasteiger partial charge in [0, 0.05) is 28.8 Å². The average Bonchev–Trinajstić information content (AvgIpc) is 3.25. The number of benzene rings is 2. The molecular formula is C22H23ClN2O3S. The third-order valence-electron chi connectivity index (χ3n) is 5.45. The number of nitrogens with zero attached hydrogens (tertiary/aromatic N) is 2. The van der Waals surface area contributed by atoms with Gasteiger partial charge in [0.2, 0.25) is 5.91 Å². The molecule has 2 aromatic rings. The van der Waals surface area contributed by atoms with Gasteiger partial charge in [0.25, 0.3) is 5.91 Å². The molecule has 4 rings (SSSR count). The number of anilines is 1. The first kappa shape index (κ1) is 20.1. The Kier molecular flexibility index (Phi) is 5.25. The molecule has 2 aliphatic heterocycles. The van der Waals surface area contributed by atoms with E-state index in [0.717, 1.165) is 16.8 Å². The lowest BCUT2D eigenvalue weighted by atomic mass is 10.0. The van der Waals surface area contributed by atoms with Crippen molar-refractivity contribution in [3.8, 4) is 5.75 Å². The number of hydrogen-bond donors (Lipinski definition) is 0. The summed E-state index contributed by atoms with van der Waals surface area (Å²) >= 11 is 7.89. The van der Waals surface area contributed by atoms with Gasteiger partial charge < -0.3 is 14.5 Å². The van der Waals surface area contributed by atoms with Crippen molar-refractivity contribution < 1.29 is 14.3 Å². The van der Waals surface area contributed by atoms with Gasteiger partial charge in [0.15, 0.2) is 4.87 Å². The van der Waals surface area contributed by atoms with Crippen molar-refractivity contribution in [1.82, 2.24) is 4.90 Å². The number of methoxy groups -OCH3 is 1. The predicted octanol–water partition coefficient (Wildman–Crippen LogP) is 4.28. The Labute approximate surface area is 180 Å². The van der Waals surface area contributed by atoms with Gasteiger partial charge in [-0.15, -0.1) is 11.8 Å². The zero-order valence-electron chi connectivity index (χ0n) is 16.6. The van der Waals surface area contributed by atoms with E-state index in [-0.39, 0.29) is 17.7 Å². The van der Waals surface area contributed by atoms with Crippen molar-refractivity contribution in [2.45, 2.75) is 25.3 Å². The number of amides is 2. The summed E-state index contributed by atoms with van der Waals surface area (Å²) in [6.07, 6.45) is 0. The molecule has 1 spiro atoms. The fraction of sp³-hybridized carbons (Fsp3) is 0.364. The summed E-state index contributed by atoms with van der Waals surface area (Å²) in [6.45, 7) is 4.63. The van der Waals surface area contributed by atoms with E-state index in [1.165, 1.54) is 11.8 Å². The number of halogens is 1. The van der Waals surface area contributed by atoms with Crippen molar-refractivity contribution in [1.29, 1.82) is 0 Å². The van der Waals surface area contributed by atoms with E-state index in [1.807, 2.05) is 56.3 Å². The predicted molar refractivity (Wildman–Crippen MR) is 116 cm³/mol. The van der Waals surface area contributed by atoms with Crippen LogP contribution >= 0.6 is 23.4 Å². The second-order valence-electron chi connectivity index (χ2n) is 7.50. The second-order valence-corrected chi connectivity index (χ2v) is 9.20. The smallest absolute Gasteiger partial charge is 0.268 e. The van der Waals surface area contributed by atoms with Crippen molar-refractivity contribution in [2.75, 3.05) is 24.3 Å². The van der Waals surface area contributed by atoms with Crippen LogP contribution in [-0.4, -0.2) is 36.1 Å². The summed E-state index contributed by atoms with van der Waals surface area (Å²) in [5, 5.41) is 0.616. The van der Waals surface area contributed by atoms with Crippen molar-refractivity contribution >= 4 is 40.9 Å². The molecule has 0 bridgehead atoms. The van der Waals surface area contributed by atoms with E-state index in [1.54, 1.807) is 16.9 Å². The lowest BCUT2D eigenvalue weighted by Gasteiger charge is -2.34. The van der Waals surface area contributed by atoms with Crippen molar-refractivity contribution in [3.63, 3.8) is 0 Å². The number of fused-ring (bicyclic) bond motifs is 2. The Bertz CT molecular complexity index is 980. The highest BCUT2D eigenvalue weighted by Gasteiger charge is 2.59. The topological polar surface area (TPSA) is 49.9 Å². The summed E-state index contributed by atoms with van der Waals surface area (Å²) in [6, 6.07) is 13.1. The van der Waals surface area contributed by atoms with Crippen LogP contribution in [0.15, 0.2) is 42.5 Å².